The fraction of sp³-hybridized carbons (Fsp3) is 0.125. The van der Waals surface area contributed by atoms with Crippen LogP contribution in [-0.4, -0.2) is 70.2 Å². The zero-order valence-electron chi connectivity index (χ0n) is 5.45. The maximum atomic E-state index is 10.2. The van der Waals surface area contributed by atoms with Crippen molar-refractivity contribution < 1.29 is 9.90 Å². The van der Waals surface area contributed by atoms with E-state index < -0.39 is 5.97 Å². The van der Waals surface area contributed by atoms with E-state index in [4.69, 9.17) is 5.11 Å². The normalized spacial score (nSPS) is 7.67. The van der Waals surface area contributed by atoms with E-state index in [0.717, 1.165) is 5.56 Å². The molecule has 1 aromatic carbocycles. The Hall–Kier alpha value is 0.690. The Bertz CT molecular complexity index is 224. The number of carboxylic acid groups (broad SMARTS) is 1. The SMILES string of the molecule is O=C(O)Cc1ccccc1.[NaH].[NaH]. The molecule has 0 atom stereocenters. The summed E-state index contributed by atoms with van der Waals surface area (Å²) in [6.07, 6.45) is 0.112. The second-order valence-corrected chi connectivity index (χ2v) is 2.06. The minimum absolute atomic E-state index is 0. The number of hydrogen-bond acceptors (Lipinski definition) is 1. The van der Waals surface area contributed by atoms with Gasteiger partial charge >= 0.3 is 65.1 Å². The molecule has 0 saturated carbocycles. The standard InChI is InChI=1S/C8H8O2.2Na.2H/c9-8(10)6-7-4-2-1-3-5-7;;;;/h1-5H,6H2,(H,9,10);;;;. The molecule has 4 heteroatoms. The molecule has 0 aromatic heterocycles. The van der Waals surface area contributed by atoms with Crippen LogP contribution < -0.4 is 0 Å². The first kappa shape index (κ1) is 15.2. The average molecular weight is 184 g/mol. The monoisotopic (exact) mass is 184 g/mol. The van der Waals surface area contributed by atoms with Crippen LogP contribution in [0.4, 0.5) is 0 Å². The summed E-state index contributed by atoms with van der Waals surface area (Å²) in [5.41, 5.74) is 0.843. The van der Waals surface area contributed by atoms with Crippen LogP contribution in [0.2, 0.25) is 0 Å². The number of carbonyl (C=O) groups is 1. The van der Waals surface area contributed by atoms with Crippen molar-refractivity contribution in [1.82, 2.24) is 0 Å². The zero-order chi connectivity index (χ0) is 7.40. The Balaban J connectivity index is 0. The van der Waals surface area contributed by atoms with Crippen LogP contribution in [0.1, 0.15) is 5.56 Å². The van der Waals surface area contributed by atoms with Gasteiger partial charge in [0.05, 0.1) is 6.42 Å². The first-order chi connectivity index (χ1) is 4.79. The first-order valence-corrected chi connectivity index (χ1v) is 3.05. The molecule has 0 bridgehead atoms. The second-order valence-electron chi connectivity index (χ2n) is 2.06. The first-order valence-electron chi connectivity index (χ1n) is 3.05. The molecule has 0 aliphatic heterocycles. The third kappa shape index (κ3) is 6.23. The van der Waals surface area contributed by atoms with E-state index >= 15 is 0 Å². The van der Waals surface area contributed by atoms with Crippen LogP contribution in [0.5, 0.6) is 0 Å². The van der Waals surface area contributed by atoms with Crippen LogP contribution in [-0.2, 0) is 11.2 Å². The fourth-order valence-corrected chi connectivity index (χ4v) is 0.770. The molecule has 0 unspecified atom stereocenters. The van der Waals surface area contributed by atoms with Crippen molar-refractivity contribution in [2.24, 2.45) is 0 Å². The van der Waals surface area contributed by atoms with Crippen molar-refractivity contribution in [1.29, 1.82) is 0 Å². The Kier molecular flexibility index (Phi) is 10.5. The van der Waals surface area contributed by atoms with Gasteiger partial charge < -0.3 is 5.11 Å². The van der Waals surface area contributed by atoms with Gasteiger partial charge in [-0.3, -0.25) is 4.79 Å². The predicted molar refractivity (Wildman–Crippen MR) is 52.1 cm³/mol. The van der Waals surface area contributed by atoms with E-state index in [1.165, 1.54) is 0 Å². The van der Waals surface area contributed by atoms with E-state index in [9.17, 15) is 4.79 Å². The van der Waals surface area contributed by atoms with Crippen molar-refractivity contribution in [2.75, 3.05) is 0 Å². The van der Waals surface area contributed by atoms with E-state index in [-0.39, 0.29) is 65.5 Å². The van der Waals surface area contributed by atoms with E-state index in [2.05, 4.69) is 0 Å². The maximum absolute atomic E-state index is 10.2. The van der Waals surface area contributed by atoms with Crippen molar-refractivity contribution in [3.63, 3.8) is 0 Å². The van der Waals surface area contributed by atoms with Crippen molar-refractivity contribution in [2.45, 2.75) is 6.42 Å². The van der Waals surface area contributed by atoms with Gasteiger partial charge in [0.25, 0.3) is 0 Å². The predicted octanol–water partition coefficient (Wildman–Crippen LogP) is 0.0167. The summed E-state index contributed by atoms with van der Waals surface area (Å²) in [6, 6.07) is 9.13. The van der Waals surface area contributed by atoms with Gasteiger partial charge in [-0.25, -0.2) is 0 Å². The van der Waals surface area contributed by atoms with Gasteiger partial charge in [-0.05, 0) is 5.56 Å². The molecule has 0 radical (unpaired) electrons. The minimum atomic E-state index is -0.786. The molecule has 0 aliphatic rings. The summed E-state index contributed by atoms with van der Waals surface area (Å²) >= 11 is 0. The average Bonchev–Trinajstić information content (AvgIpc) is 1.88. The van der Waals surface area contributed by atoms with Gasteiger partial charge in [0.1, 0.15) is 0 Å². The second kappa shape index (κ2) is 8.30. The molecule has 56 valence electrons. The molecule has 1 rings (SSSR count). The Morgan fingerprint density at radius 2 is 1.67 bits per heavy atom. The van der Waals surface area contributed by atoms with Crippen LogP contribution in [0.3, 0.4) is 0 Å². The summed E-state index contributed by atoms with van der Waals surface area (Å²) in [5, 5.41) is 8.37. The van der Waals surface area contributed by atoms with Gasteiger partial charge in [0.2, 0.25) is 0 Å². The number of carboxylic acids is 1. The van der Waals surface area contributed by atoms with E-state index in [1.807, 2.05) is 18.2 Å². The molecule has 0 aliphatic carbocycles. The van der Waals surface area contributed by atoms with Crippen molar-refractivity contribution in [3.05, 3.63) is 35.9 Å². The van der Waals surface area contributed by atoms with E-state index in [0.29, 0.717) is 0 Å². The molecule has 0 saturated heterocycles. The van der Waals surface area contributed by atoms with Crippen LogP contribution in [0, 0.1) is 0 Å². The molecule has 0 fully saturated rings. The summed E-state index contributed by atoms with van der Waals surface area (Å²) in [6.45, 7) is 0. The summed E-state index contributed by atoms with van der Waals surface area (Å²) in [4.78, 5) is 10.2. The van der Waals surface area contributed by atoms with Gasteiger partial charge in [-0.2, -0.15) is 0 Å². The fourth-order valence-electron chi connectivity index (χ4n) is 0.770. The van der Waals surface area contributed by atoms with Crippen LogP contribution in [0.25, 0.3) is 0 Å². The number of aliphatic carboxylic acids is 1. The molecule has 12 heavy (non-hydrogen) atoms. The van der Waals surface area contributed by atoms with Crippen molar-refractivity contribution >= 4 is 65.1 Å². The number of benzene rings is 1. The number of hydrogen-bond donors (Lipinski definition) is 1. The Labute approximate surface area is 116 Å². The van der Waals surface area contributed by atoms with Crippen molar-refractivity contribution in [3.8, 4) is 0 Å². The topological polar surface area (TPSA) is 37.3 Å². The molecular weight excluding hydrogens is 174 g/mol. The quantitative estimate of drug-likeness (QED) is 0.658. The van der Waals surface area contributed by atoms with Gasteiger partial charge in [-0.15, -0.1) is 0 Å². The summed E-state index contributed by atoms with van der Waals surface area (Å²) in [5.74, 6) is -0.786. The van der Waals surface area contributed by atoms with Gasteiger partial charge in [-0.1, -0.05) is 30.3 Å². The van der Waals surface area contributed by atoms with Crippen LogP contribution in [0.15, 0.2) is 30.3 Å². The zero-order valence-corrected chi connectivity index (χ0v) is 5.45. The van der Waals surface area contributed by atoms with E-state index in [1.54, 1.807) is 12.1 Å². The van der Waals surface area contributed by atoms with Gasteiger partial charge in [0, 0.05) is 0 Å². The molecule has 1 N–H and O–H groups in total. The number of rotatable bonds is 2. The Morgan fingerprint density at radius 3 is 2.08 bits per heavy atom. The Morgan fingerprint density at radius 1 is 1.17 bits per heavy atom. The van der Waals surface area contributed by atoms with Gasteiger partial charge in [0.15, 0.2) is 0 Å². The molecule has 1 aromatic rings. The molecule has 0 amide bonds. The summed E-state index contributed by atoms with van der Waals surface area (Å²) < 4.78 is 0. The molecular formula is C8H10Na2O2. The summed E-state index contributed by atoms with van der Waals surface area (Å²) in [7, 11) is 0. The molecule has 0 spiro atoms. The molecule has 0 heterocycles. The molecule has 2 nitrogen and oxygen atoms in total. The third-order valence-electron chi connectivity index (χ3n) is 1.20. The van der Waals surface area contributed by atoms with Crippen LogP contribution >= 0.6 is 0 Å². The third-order valence-corrected chi connectivity index (χ3v) is 1.20.